The molecule has 6 atom stereocenters. The van der Waals surface area contributed by atoms with Gasteiger partial charge < -0.3 is 33.8 Å². The zero-order valence-electron chi connectivity index (χ0n) is 66.5. The van der Waals surface area contributed by atoms with Crippen LogP contribution in [0.4, 0.5) is 0 Å². The van der Waals surface area contributed by atoms with E-state index in [-0.39, 0.29) is 25.7 Å². The maximum absolute atomic E-state index is 13.1. The van der Waals surface area contributed by atoms with E-state index in [1.807, 2.05) is 0 Å². The second kappa shape index (κ2) is 71.0. The number of unbranched alkanes of at least 4 members (excludes halogenated alkanes) is 44. The van der Waals surface area contributed by atoms with Crippen molar-refractivity contribution in [2.45, 2.75) is 440 Å². The molecule has 17 nitrogen and oxygen atoms in total. The topological polar surface area (TPSA) is 237 Å². The predicted octanol–water partition coefficient (Wildman–Crippen LogP) is 24.4. The minimum Gasteiger partial charge on any atom is -0.462 e. The van der Waals surface area contributed by atoms with Crippen LogP contribution < -0.4 is 0 Å². The Balaban J connectivity index is 5.27. The Kier molecular flexibility index (Phi) is 69.6. The SMILES string of the molecule is CCC(C)CCCCCCCCCCCCCCCCC(=O)O[C@H](COC(=O)CCCCCCCCCCCCCCCC(C)C)COP(=O)(O)OC[C@@H](O)COP(=O)(O)OC[C@@H](COC(=O)CCCCCCCCCCC(C)C)OC(=O)CCCCCCCCCCCCCCCC(C)C. The minimum atomic E-state index is -4.96. The maximum Gasteiger partial charge on any atom is 0.472 e. The fourth-order valence-electron chi connectivity index (χ4n) is 12.6. The standard InChI is InChI=1S/C82H160O17P2/c1-9-75(8)61-53-45-37-28-22-16-10-11-17-24-30-40-48-56-64-81(86)98-77(68-92-79(84)62-54-46-38-29-23-18-12-14-20-26-34-42-50-58-72(2)3)70-96-100(88,89)94-66-76(83)67-95-101(90,91)97-71-78(69-93-80(85)63-55-47-39-33-32-36-44-52-60-74(6)7)99-82(87)65-57-49-41-31-25-19-13-15-21-27-35-43-51-59-73(4)5/h72-78,83H,9-71H2,1-8H3,(H,88,89)(H,90,91)/t75?,76-,77-,78-/m1/s1. The molecule has 0 aromatic heterocycles. The van der Waals surface area contributed by atoms with Gasteiger partial charge in [0.15, 0.2) is 12.2 Å². The lowest BCUT2D eigenvalue weighted by molar-refractivity contribution is -0.161. The fourth-order valence-corrected chi connectivity index (χ4v) is 14.2. The quantitative estimate of drug-likeness (QED) is 0.0222. The highest BCUT2D eigenvalue weighted by Gasteiger charge is 2.30. The van der Waals surface area contributed by atoms with Crippen molar-refractivity contribution in [3.05, 3.63) is 0 Å². The molecule has 0 heterocycles. The van der Waals surface area contributed by atoms with E-state index in [0.29, 0.717) is 25.7 Å². The smallest absolute Gasteiger partial charge is 0.462 e. The molecule has 0 aliphatic rings. The van der Waals surface area contributed by atoms with E-state index >= 15 is 0 Å². The lowest BCUT2D eigenvalue weighted by Crippen LogP contribution is -2.30. The van der Waals surface area contributed by atoms with Crippen LogP contribution in [0, 0.1) is 23.7 Å². The lowest BCUT2D eigenvalue weighted by atomic mass is 9.99. The molecule has 19 heteroatoms. The Hall–Kier alpha value is -1.94. The van der Waals surface area contributed by atoms with Gasteiger partial charge >= 0.3 is 39.5 Å². The number of rotatable bonds is 79. The highest BCUT2D eigenvalue weighted by molar-refractivity contribution is 7.47. The third-order valence-electron chi connectivity index (χ3n) is 19.4. The first-order valence-electron chi connectivity index (χ1n) is 42.2. The number of esters is 4. The van der Waals surface area contributed by atoms with Gasteiger partial charge in [-0.15, -0.1) is 0 Å². The van der Waals surface area contributed by atoms with Crippen molar-refractivity contribution in [1.29, 1.82) is 0 Å². The zero-order valence-corrected chi connectivity index (χ0v) is 68.3. The van der Waals surface area contributed by atoms with E-state index in [1.165, 1.54) is 225 Å². The van der Waals surface area contributed by atoms with Crippen molar-refractivity contribution in [2.75, 3.05) is 39.6 Å². The largest absolute Gasteiger partial charge is 0.472 e. The third-order valence-corrected chi connectivity index (χ3v) is 21.3. The summed E-state index contributed by atoms with van der Waals surface area (Å²) in [5.74, 6) is 1.04. The minimum absolute atomic E-state index is 0.106. The van der Waals surface area contributed by atoms with Crippen molar-refractivity contribution in [2.24, 2.45) is 23.7 Å². The van der Waals surface area contributed by atoms with E-state index in [0.717, 1.165) is 114 Å². The molecule has 0 amide bonds. The van der Waals surface area contributed by atoms with Gasteiger partial charge in [0.05, 0.1) is 26.4 Å². The summed E-state index contributed by atoms with van der Waals surface area (Å²) in [6.07, 6.45) is 58.2. The summed E-state index contributed by atoms with van der Waals surface area (Å²) >= 11 is 0. The molecule has 0 aromatic carbocycles. The van der Waals surface area contributed by atoms with E-state index in [2.05, 4.69) is 55.4 Å². The van der Waals surface area contributed by atoms with Gasteiger partial charge in [-0.05, 0) is 49.4 Å². The molecule has 0 bridgehead atoms. The number of hydrogen-bond donors (Lipinski definition) is 3. The summed E-state index contributed by atoms with van der Waals surface area (Å²) in [7, 11) is -9.92. The molecule has 0 aromatic rings. The number of carbonyl (C=O) groups excluding carboxylic acids is 4. The molecule has 0 rings (SSSR count). The predicted molar refractivity (Wildman–Crippen MR) is 414 cm³/mol. The molecule has 0 saturated heterocycles. The molecule has 0 spiro atoms. The van der Waals surface area contributed by atoms with Crippen LogP contribution in [0.1, 0.15) is 421 Å². The van der Waals surface area contributed by atoms with Crippen LogP contribution in [0.15, 0.2) is 0 Å². The van der Waals surface area contributed by atoms with Crippen molar-refractivity contribution < 1.29 is 80.2 Å². The summed E-state index contributed by atoms with van der Waals surface area (Å²) in [5.41, 5.74) is 0. The molecule has 0 radical (unpaired) electrons. The van der Waals surface area contributed by atoms with Gasteiger partial charge in [0, 0.05) is 25.7 Å². The van der Waals surface area contributed by atoms with Crippen molar-refractivity contribution in [3.63, 3.8) is 0 Å². The highest BCUT2D eigenvalue weighted by atomic mass is 31.2. The van der Waals surface area contributed by atoms with Gasteiger partial charge in [-0.1, -0.05) is 370 Å². The molecular formula is C82H160O17P2. The highest BCUT2D eigenvalue weighted by Crippen LogP contribution is 2.45. The summed E-state index contributed by atoms with van der Waals surface area (Å²) in [4.78, 5) is 73.1. The number of hydrogen-bond acceptors (Lipinski definition) is 15. The molecule has 0 aliphatic carbocycles. The second-order valence-corrected chi connectivity index (χ2v) is 34.1. The van der Waals surface area contributed by atoms with E-state index in [4.69, 9.17) is 37.0 Å². The number of aliphatic hydroxyl groups is 1. The average Bonchev–Trinajstić information content (AvgIpc) is 1.04. The van der Waals surface area contributed by atoms with Crippen LogP contribution in [0.5, 0.6) is 0 Å². The van der Waals surface area contributed by atoms with Crippen LogP contribution in [-0.2, 0) is 65.4 Å². The Morgan fingerprint density at radius 3 is 0.703 bits per heavy atom. The third kappa shape index (κ3) is 74.7. The van der Waals surface area contributed by atoms with E-state index in [1.54, 1.807) is 0 Å². The van der Waals surface area contributed by atoms with Crippen LogP contribution in [0.2, 0.25) is 0 Å². The summed E-state index contributed by atoms with van der Waals surface area (Å²) in [6.45, 7) is 14.3. The van der Waals surface area contributed by atoms with Crippen LogP contribution in [0.3, 0.4) is 0 Å². The van der Waals surface area contributed by atoms with Crippen molar-refractivity contribution >= 4 is 39.5 Å². The maximum atomic E-state index is 13.1. The van der Waals surface area contributed by atoms with Crippen LogP contribution in [-0.4, -0.2) is 96.7 Å². The number of phosphoric ester groups is 2. The van der Waals surface area contributed by atoms with Crippen LogP contribution >= 0.6 is 15.6 Å². The number of aliphatic hydroxyl groups excluding tert-OH is 1. The zero-order chi connectivity index (χ0) is 74.6. The van der Waals surface area contributed by atoms with Crippen molar-refractivity contribution in [3.8, 4) is 0 Å². The van der Waals surface area contributed by atoms with Gasteiger partial charge in [0.25, 0.3) is 0 Å². The Morgan fingerprint density at radius 1 is 0.277 bits per heavy atom. The van der Waals surface area contributed by atoms with Gasteiger partial charge in [-0.25, -0.2) is 9.13 Å². The lowest BCUT2D eigenvalue weighted by Gasteiger charge is -2.21. The molecule has 0 saturated carbocycles. The monoisotopic (exact) mass is 1480 g/mol. The molecule has 3 N–H and O–H groups in total. The first kappa shape index (κ1) is 99.1. The Morgan fingerprint density at radius 2 is 0.475 bits per heavy atom. The Bertz CT molecular complexity index is 1970. The molecule has 0 aliphatic heterocycles. The first-order chi connectivity index (χ1) is 48.6. The van der Waals surface area contributed by atoms with E-state index in [9.17, 15) is 43.2 Å². The molecule has 101 heavy (non-hydrogen) atoms. The number of carbonyl (C=O) groups is 4. The number of ether oxygens (including phenoxy) is 4. The average molecular weight is 1480 g/mol. The van der Waals surface area contributed by atoms with Gasteiger partial charge in [-0.3, -0.25) is 37.3 Å². The normalized spacial score (nSPS) is 14.3. The fraction of sp³-hybridized carbons (Fsp3) is 0.951. The number of phosphoric acid groups is 2. The molecule has 3 unspecified atom stereocenters. The first-order valence-corrected chi connectivity index (χ1v) is 45.2. The second-order valence-electron chi connectivity index (χ2n) is 31.2. The van der Waals surface area contributed by atoms with Gasteiger partial charge in [0.2, 0.25) is 0 Å². The van der Waals surface area contributed by atoms with Crippen LogP contribution in [0.25, 0.3) is 0 Å². The van der Waals surface area contributed by atoms with Gasteiger partial charge in [0.1, 0.15) is 19.3 Å². The van der Waals surface area contributed by atoms with Crippen molar-refractivity contribution in [1.82, 2.24) is 0 Å². The molecular weight excluding hydrogens is 1320 g/mol. The van der Waals surface area contributed by atoms with Gasteiger partial charge in [-0.2, -0.15) is 0 Å². The Labute approximate surface area is 619 Å². The van der Waals surface area contributed by atoms with E-state index < -0.39 is 97.5 Å². The summed E-state index contributed by atoms with van der Waals surface area (Å²) in [5, 5.41) is 10.7. The summed E-state index contributed by atoms with van der Waals surface area (Å²) < 4.78 is 68.8. The summed E-state index contributed by atoms with van der Waals surface area (Å²) in [6, 6.07) is 0. The molecule has 600 valence electrons. The molecule has 0 fully saturated rings.